The number of rotatable bonds is 3. The van der Waals surface area contributed by atoms with Crippen molar-refractivity contribution >= 4 is 34.2 Å². The van der Waals surface area contributed by atoms with Gasteiger partial charge >= 0.3 is 0 Å². The van der Waals surface area contributed by atoms with Gasteiger partial charge in [-0.25, -0.2) is 9.37 Å². The number of aromatic nitrogens is 1. The highest BCUT2D eigenvalue weighted by atomic mass is 127. The Labute approximate surface area is 117 Å². The number of hydrogen-bond acceptors (Lipinski definition) is 2. The van der Waals surface area contributed by atoms with Crippen LogP contribution in [0.3, 0.4) is 0 Å². The first-order chi connectivity index (χ1) is 8.19. The van der Waals surface area contributed by atoms with Gasteiger partial charge in [0.15, 0.2) is 0 Å². The van der Waals surface area contributed by atoms with E-state index in [-0.39, 0.29) is 5.88 Å². The van der Waals surface area contributed by atoms with E-state index < -0.39 is 5.82 Å². The number of alkyl halides is 1. The highest BCUT2D eigenvalue weighted by Crippen LogP contribution is 2.25. The maximum atomic E-state index is 12.9. The standard InChI is InChI=1S/C12H8ClFINO/c13-6-8-5-9(14)7-16-12(8)17-11-3-1-10(15)2-4-11/h1-5,7H,6H2. The second-order valence-electron chi connectivity index (χ2n) is 3.31. The second kappa shape index (κ2) is 5.64. The van der Waals surface area contributed by atoms with Gasteiger partial charge in [0.2, 0.25) is 5.88 Å². The molecule has 2 rings (SSSR count). The zero-order valence-corrected chi connectivity index (χ0v) is 11.6. The highest BCUT2D eigenvalue weighted by molar-refractivity contribution is 14.1. The fourth-order valence-electron chi connectivity index (χ4n) is 1.27. The molecule has 1 aromatic heterocycles. The average Bonchev–Trinajstić information content (AvgIpc) is 2.34. The van der Waals surface area contributed by atoms with Gasteiger partial charge in [-0.1, -0.05) is 0 Å². The molecule has 0 saturated carbocycles. The van der Waals surface area contributed by atoms with Gasteiger partial charge in [0, 0.05) is 9.13 Å². The Morgan fingerprint density at radius 2 is 2.00 bits per heavy atom. The van der Waals surface area contributed by atoms with Crippen molar-refractivity contribution in [3.63, 3.8) is 0 Å². The molecule has 0 fully saturated rings. The summed E-state index contributed by atoms with van der Waals surface area (Å²) >= 11 is 7.91. The van der Waals surface area contributed by atoms with Crippen LogP contribution in [-0.2, 0) is 5.88 Å². The van der Waals surface area contributed by atoms with Crippen LogP contribution in [0.25, 0.3) is 0 Å². The number of pyridine rings is 1. The molecule has 1 heterocycles. The molecule has 0 N–H and O–H groups in total. The van der Waals surface area contributed by atoms with Crippen molar-refractivity contribution in [3.8, 4) is 11.6 Å². The fraction of sp³-hybridized carbons (Fsp3) is 0.0833. The lowest BCUT2D eigenvalue weighted by molar-refractivity contribution is 0.454. The minimum absolute atomic E-state index is 0.157. The first kappa shape index (κ1) is 12.6. The summed E-state index contributed by atoms with van der Waals surface area (Å²) in [4.78, 5) is 3.88. The van der Waals surface area contributed by atoms with Crippen LogP contribution in [0.4, 0.5) is 4.39 Å². The van der Waals surface area contributed by atoms with Crippen molar-refractivity contribution in [1.29, 1.82) is 0 Å². The molecule has 2 aromatic rings. The molecule has 0 radical (unpaired) electrons. The van der Waals surface area contributed by atoms with Crippen LogP contribution in [0.15, 0.2) is 36.5 Å². The molecule has 0 unspecified atom stereocenters. The molecule has 0 amide bonds. The van der Waals surface area contributed by atoms with Gasteiger partial charge < -0.3 is 4.74 Å². The van der Waals surface area contributed by atoms with Gasteiger partial charge in [-0.3, -0.25) is 0 Å². The molecule has 0 spiro atoms. The number of hydrogen-bond donors (Lipinski definition) is 0. The number of ether oxygens (including phenoxy) is 1. The molecule has 17 heavy (non-hydrogen) atoms. The Kier molecular flexibility index (Phi) is 4.17. The first-order valence-corrected chi connectivity index (χ1v) is 6.44. The molecule has 0 saturated heterocycles. The fourth-order valence-corrected chi connectivity index (χ4v) is 1.82. The van der Waals surface area contributed by atoms with Crippen molar-refractivity contribution in [2.45, 2.75) is 5.88 Å². The third-order valence-corrected chi connectivity index (χ3v) is 3.07. The summed E-state index contributed by atoms with van der Waals surface area (Å²) < 4.78 is 19.6. The monoisotopic (exact) mass is 363 g/mol. The summed E-state index contributed by atoms with van der Waals surface area (Å²) in [6.45, 7) is 0. The molecule has 1 aromatic carbocycles. The predicted octanol–water partition coefficient (Wildman–Crippen LogP) is 4.36. The Morgan fingerprint density at radius 1 is 1.29 bits per heavy atom. The lowest BCUT2D eigenvalue weighted by Gasteiger charge is -2.08. The van der Waals surface area contributed by atoms with E-state index in [0.717, 1.165) is 9.77 Å². The van der Waals surface area contributed by atoms with Crippen molar-refractivity contribution in [1.82, 2.24) is 4.98 Å². The molecule has 88 valence electrons. The van der Waals surface area contributed by atoms with Gasteiger partial charge in [-0.05, 0) is 52.9 Å². The van der Waals surface area contributed by atoms with Crippen LogP contribution >= 0.6 is 34.2 Å². The number of benzene rings is 1. The topological polar surface area (TPSA) is 22.1 Å². The van der Waals surface area contributed by atoms with E-state index in [2.05, 4.69) is 27.6 Å². The van der Waals surface area contributed by atoms with E-state index in [1.54, 1.807) is 0 Å². The lowest BCUT2D eigenvalue weighted by Crippen LogP contribution is -1.94. The molecule has 0 aliphatic heterocycles. The Balaban J connectivity index is 2.26. The lowest BCUT2D eigenvalue weighted by atomic mass is 10.3. The summed E-state index contributed by atoms with van der Waals surface area (Å²) in [5.41, 5.74) is 0.533. The van der Waals surface area contributed by atoms with Gasteiger partial charge in [-0.2, -0.15) is 0 Å². The van der Waals surface area contributed by atoms with E-state index in [0.29, 0.717) is 17.2 Å². The van der Waals surface area contributed by atoms with E-state index in [4.69, 9.17) is 16.3 Å². The van der Waals surface area contributed by atoms with Crippen LogP contribution in [0.5, 0.6) is 11.6 Å². The minimum Gasteiger partial charge on any atom is -0.439 e. The van der Waals surface area contributed by atoms with Gasteiger partial charge in [0.25, 0.3) is 0 Å². The maximum absolute atomic E-state index is 12.9. The van der Waals surface area contributed by atoms with Crippen molar-refractivity contribution in [2.24, 2.45) is 0 Å². The third kappa shape index (κ3) is 3.29. The van der Waals surface area contributed by atoms with Crippen LogP contribution in [-0.4, -0.2) is 4.98 Å². The highest BCUT2D eigenvalue weighted by Gasteiger charge is 2.07. The van der Waals surface area contributed by atoms with E-state index in [9.17, 15) is 4.39 Å². The minimum atomic E-state index is -0.421. The summed E-state index contributed by atoms with van der Waals surface area (Å²) in [6.07, 6.45) is 1.11. The van der Waals surface area contributed by atoms with Crippen LogP contribution in [0, 0.1) is 9.39 Å². The molecule has 5 heteroatoms. The first-order valence-electron chi connectivity index (χ1n) is 4.83. The molecule has 0 bridgehead atoms. The Bertz CT molecular complexity index is 518. The van der Waals surface area contributed by atoms with E-state index in [1.807, 2.05) is 24.3 Å². The van der Waals surface area contributed by atoms with Gasteiger partial charge in [0.1, 0.15) is 11.6 Å². The zero-order chi connectivity index (χ0) is 12.3. The SMILES string of the molecule is Fc1cnc(Oc2ccc(I)cc2)c(CCl)c1. The van der Waals surface area contributed by atoms with Crippen molar-refractivity contribution in [3.05, 3.63) is 51.5 Å². The summed E-state index contributed by atoms with van der Waals surface area (Å²) in [5.74, 6) is 0.721. The third-order valence-electron chi connectivity index (χ3n) is 2.06. The molecule has 2 nitrogen and oxygen atoms in total. The second-order valence-corrected chi connectivity index (χ2v) is 4.82. The van der Waals surface area contributed by atoms with E-state index in [1.165, 1.54) is 6.07 Å². The smallest absolute Gasteiger partial charge is 0.223 e. The quantitative estimate of drug-likeness (QED) is 0.597. The normalized spacial score (nSPS) is 10.3. The maximum Gasteiger partial charge on any atom is 0.223 e. The van der Waals surface area contributed by atoms with Gasteiger partial charge in [0.05, 0.1) is 12.1 Å². The largest absolute Gasteiger partial charge is 0.439 e. The molecule has 0 aliphatic carbocycles. The van der Waals surface area contributed by atoms with E-state index >= 15 is 0 Å². The van der Waals surface area contributed by atoms with Crippen molar-refractivity contribution in [2.75, 3.05) is 0 Å². The van der Waals surface area contributed by atoms with Crippen LogP contribution in [0.2, 0.25) is 0 Å². The molecule has 0 atom stereocenters. The number of halogens is 3. The van der Waals surface area contributed by atoms with Crippen molar-refractivity contribution < 1.29 is 9.13 Å². The predicted molar refractivity (Wildman–Crippen MR) is 73.0 cm³/mol. The summed E-state index contributed by atoms with van der Waals surface area (Å²) in [5, 5.41) is 0. The van der Waals surface area contributed by atoms with Crippen LogP contribution in [0.1, 0.15) is 5.56 Å². The summed E-state index contributed by atoms with van der Waals surface area (Å²) in [7, 11) is 0. The van der Waals surface area contributed by atoms with Gasteiger partial charge in [-0.15, -0.1) is 11.6 Å². The average molecular weight is 364 g/mol. The number of nitrogens with zero attached hydrogens (tertiary/aromatic N) is 1. The molecular weight excluding hydrogens is 355 g/mol. The Morgan fingerprint density at radius 3 is 2.65 bits per heavy atom. The Hall–Kier alpha value is -0.880. The summed E-state index contributed by atoms with van der Waals surface area (Å²) in [6, 6.07) is 8.80. The zero-order valence-electron chi connectivity index (χ0n) is 8.66. The molecule has 0 aliphatic rings. The molecular formula is C12H8ClFINO. The van der Waals surface area contributed by atoms with Crippen LogP contribution < -0.4 is 4.74 Å².